The number of alkyl halides is 2. The Balaban J connectivity index is 2.28. The van der Waals surface area contributed by atoms with Gasteiger partial charge >= 0.3 is 11.9 Å². The number of amides is 1. The molecule has 0 unspecified atom stereocenters. The van der Waals surface area contributed by atoms with Crippen LogP contribution >= 0.6 is 0 Å². The molecule has 0 radical (unpaired) electrons. The second kappa shape index (κ2) is 11.3. The number of aliphatic carboxylic acids is 1. The minimum Gasteiger partial charge on any atom is -0.485 e. The summed E-state index contributed by atoms with van der Waals surface area (Å²) in [4.78, 5) is 27.3. The van der Waals surface area contributed by atoms with Crippen LogP contribution in [0.4, 0.5) is 8.78 Å². The third kappa shape index (κ3) is 7.10. The number of carbonyl (C=O) groups is 2. The van der Waals surface area contributed by atoms with Crippen molar-refractivity contribution in [1.29, 1.82) is 0 Å². The highest BCUT2D eigenvalue weighted by Crippen LogP contribution is 2.25. The summed E-state index contributed by atoms with van der Waals surface area (Å²) in [5.41, 5.74) is -0.0743. The molecule has 1 heterocycles. The number of rotatable bonds is 9. The number of hydrogen-bond acceptors (Lipinski definition) is 7. The quantitative estimate of drug-likeness (QED) is 0.253. The highest BCUT2D eigenvalue weighted by atomic mass is 19.1. The molecule has 0 aromatic heterocycles. The summed E-state index contributed by atoms with van der Waals surface area (Å²) >= 11 is 0. The first-order chi connectivity index (χ1) is 14.9. The second-order valence-corrected chi connectivity index (χ2v) is 6.10. The van der Waals surface area contributed by atoms with Crippen LogP contribution in [0.15, 0.2) is 47.4 Å². The number of nitrogens with two attached hydrogens (primary N) is 1. The van der Waals surface area contributed by atoms with Crippen LogP contribution in [0.5, 0.6) is 11.5 Å². The molecule has 31 heavy (non-hydrogen) atoms. The maximum absolute atomic E-state index is 12.9. The predicted octanol–water partition coefficient (Wildman–Crippen LogP) is -0.700. The lowest BCUT2D eigenvalue weighted by atomic mass is 10.2. The fourth-order valence-corrected chi connectivity index (χ4v) is 2.27. The van der Waals surface area contributed by atoms with Gasteiger partial charge < -0.3 is 25.2 Å². The van der Waals surface area contributed by atoms with Gasteiger partial charge in [0.2, 0.25) is 5.90 Å². The number of ether oxygens (including phenoxy) is 2. The Morgan fingerprint density at radius 2 is 2.03 bits per heavy atom. The highest BCUT2D eigenvalue weighted by Gasteiger charge is 2.20. The van der Waals surface area contributed by atoms with Gasteiger partial charge in [-0.2, -0.15) is 0 Å². The molecule has 1 amide bonds. The van der Waals surface area contributed by atoms with Gasteiger partial charge in [-0.25, -0.2) is 28.7 Å². The van der Waals surface area contributed by atoms with E-state index in [0.29, 0.717) is 0 Å². The van der Waals surface area contributed by atoms with Crippen LogP contribution in [-0.4, -0.2) is 61.8 Å². The van der Waals surface area contributed by atoms with E-state index in [1.54, 1.807) is 7.05 Å². The molecular weight excluding hydrogens is 416 g/mol. The highest BCUT2D eigenvalue weighted by molar-refractivity contribution is 6.08. The Morgan fingerprint density at radius 3 is 2.61 bits per heavy atom. The lowest BCUT2D eigenvalue weighted by Crippen LogP contribution is -2.49. The molecule has 6 N–H and O–H groups in total. The van der Waals surface area contributed by atoms with Crippen molar-refractivity contribution in [3.05, 3.63) is 47.9 Å². The van der Waals surface area contributed by atoms with Crippen LogP contribution in [0.1, 0.15) is 10.4 Å². The zero-order chi connectivity index (χ0) is 22.8. The fourth-order valence-electron chi connectivity index (χ4n) is 2.27. The van der Waals surface area contributed by atoms with E-state index < -0.39 is 31.3 Å². The van der Waals surface area contributed by atoms with Crippen molar-refractivity contribution in [1.82, 2.24) is 16.0 Å². The van der Waals surface area contributed by atoms with E-state index in [4.69, 9.17) is 20.0 Å². The molecule has 0 spiro atoms. The molecule has 1 aliphatic rings. The van der Waals surface area contributed by atoms with Crippen molar-refractivity contribution in [2.45, 2.75) is 6.10 Å². The van der Waals surface area contributed by atoms with Crippen molar-refractivity contribution in [2.75, 3.05) is 26.9 Å². The van der Waals surface area contributed by atoms with Gasteiger partial charge in [-0.05, 0) is 12.1 Å². The number of aliphatic imine (C=N–C) groups is 1. The monoisotopic (exact) mass is 438 g/mol. The Kier molecular flexibility index (Phi) is 8.49. The number of carboxylic acids is 1. The van der Waals surface area contributed by atoms with E-state index in [1.165, 1.54) is 30.5 Å². The minimum atomic E-state index is -1.35. The van der Waals surface area contributed by atoms with Crippen LogP contribution in [0.2, 0.25) is 0 Å². The van der Waals surface area contributed by atoms with E-state index in [2.05, 4.69) is 20.9 Å². The molecule has 0 atom stereocenters. The van der Waals surface area contributed by atoms with Gasteiger partial charge in [-0.3, -0.25) is 5.41 Å². The Hall–Kier alpha value is -3.96. The number of halogens is 2. The van der Waals surface area contributed by atoms with Crippen molar-refractivity contribution >= 4 is 23.6 Å². The summed E-state index contributed by atoms with van der Waals surface area (Å²) in [5, 5.41) is 22.4. The first-order valence-corrected chi connectivity index (χ1v) is 8.99. The Labute approximate surface area is 176 Å². The van der Waals surface area contributed by atoms with Gasteiger partial charge in [0.05, 0.1) is 18.3 Å². The van der Waals surface area contributed by atoms with Crippen LogP contribution in [-0.2, 0) is 4.79 Å². The summed E-state index contributed by atoms with van der Waals surface area (Å²) in [7, 11) is 1.65. The van der Waals surface area contributed by atoms with E-state index in [9.17, 15) is 18.4 Å². The molecule has 2 rings (SSSR count). The molecule has 0 saturated heterocycles. The molecular formula is C19H22F2N5O5+. The maximum atomic E-state index is 12.9. The van der Waals surface area contributed by atoms with Crippen LogP contribution in [0.25, 0.3) is 0 Å². The zero-order valence-electron chi connectivity index (χ0n) is 16.5. The van der Waals surface area contributed by atoms with Crippen LogP contribution in [0, 0.1) is 0 Å². The molecule has 1 aromatic rings. The van der Waals surface area contributed by atoms with Crippen LogP contribution < -0.4 is 30.8 Å². The third-order valence-corrected chi connectivity index (χ3v) is 3.71. The average Bonchev–Trinajstić information content (AvgIpc) is 2.76. The smallest absolute Gasteiger partial charge is 0.353 e. The van der Waals surface area contributed by atoms with Crippen molar-refractivity contribution < 1.29 is 38.4 Å². The Morgan fingerprint density at radius 1 is 1.32 bits per heavy atom. The van der Waals surface area contributed by atoms with Crippen molar-refractivity contribution in [3.8, 4) is 11.5 Å². The molecule has 0 saturated carbocycles. The second-order valence-electron chi connectivity index (χ2n) is 6.10. The van der Waals surface area contributed by atoms with E-state index >= 15 is 0 Å². The predicted molar refractivity (Wildman–Crippen MR) is 107 cm³/mol. The Bertz CT molecular complexity index is 928. The molecule has 12 heteroatoms. The number of benzene rings is 1. The minimum absolute atomic E-state index is 0.0153. The largest absolute Gasteiger partial charge is 0.485 e. The van der Waals surface area contributed by atoms with Gasteiger partial charge in [0.1, 0.15) is 30.5 Å². The van der Waals surface area contributed by atoms with Crippen molar-refractivity contribution in [2.24, 2.45) is 4.99 Å². The summed E-state index contributed by atoms with van der Waals surface area (Å²) in [5.74, 6) is -1.59. The number of nitrogens with zero attached hydrogens (tertiary/aromatic N) is 1. The average molecular weight is 438 g/mol. The van der Waals surface area contributed by atoms with Gasteiger partial charge in [0, 0.05) is 25.4 Å². The number of nitrogens with one attached hydrogen (secondary N) is 3. The fraction of sp³-hybridized carbons (Fsp3) is 0.263. The summed E-state index contributed by atoms with van der Waals surface area (Å²) < 4.78 is 36.6. The third-order valence-electron chi connectivity index (χ3n) is 3.71. The standard InChI is InChI=1S/C19H21F2N5O5/c1-23-3-2-16(22)26-18(27)11-4-12(30-14(7-20)8-21)6-13(5-11)31-17-10-24-15(9-25-17)19(28)29/h2-6,9,14,23-24H,7-8,10H2,1H3,(H,28,29)(H2,22,26,27)/p+1/b3-2-. The maximum Gasteiger partial charge on any atom is 0.353 e. The number of hydrogen-bond donors (Lipinski definition) is 5. The molecule has 1 aliphatic heterocycles. The zero-order valence-corrected chi connectivity index (χ0v) is 16.5. The van der Waals surface area contributed by atoms with Crippen LogP contribution in [0.3, 0.4) is 0 Å². The van der Waals surface area contributed by atoms with Gasteiger partial charge in [-0.1, -0.05) is 0 Å². The lowest BCUT2D eigenvalue weighted by molar-refractivity contribution is -0.133. The topological polar surface area (TPSA) is 147 Å². The normalized spacial score (nSPS) is 13.2. The molecule has 10 nitrogen and oxygen atoms in total. The molecule has 0 fully saturated rings. The van der Waals surface area contributed by atoms with Crippen molar-refractivity contribution in [3.63, 3.8) is 0 Å². The first kappa shape index (κ1) is 23.3. The molecule has 166 valence electrons. The summed E-state index contributed by atoms with van der Waals surface area (Å²) in [6.07, 6.45) is 2.65. The lowest BCUT2D eigenvalue weighted by Gasteiger charge is -2.17. The molecule has 1 aromatic carbocycles. The summed E-state index contributed by atoms with van der Waals surface area (Å²) in [6, 6.07) is 3.94. The van der Waals surface area contributed by atoms with E-state index in [0.717, 1.165) is 6.20 Å². The number of carbonyl (C=O) groups excluding carboxylic acids is 1. The van der Waals surface area contributed by atoms with Gasteiger partial charge in [-0.15, -0.1) is 0 Å². The number of carboxylic acid groups (broad SMARTS) is 1. The first-order valence-electron chi connectivity index (χ1n) is 8.99. The molecule has 0 bridgehead atoms. The summed E-state index contributed by atoms with van der Waals surface area (Å²) in [6.45, 7) is -2.17. The van der Waals surface area contributed by atoms with E-state index in [1.807, 2.05) is 0 Å². The number of amidine groups is 1. The van der Waals surface area contributed by atoms with Gasteiger partial charge in [0.15, 0.2) is 6.10 Å². The van der Waals surface area contributed by atoms with Gasteiger partial charge in [0.25, 0.3) is 5.84 Å². The molecule has 0 aliphatic carbocycles. The SMILES string of the molecule is CN/C=C\C(=[NH2+])NC(=O)c1cc(OC2=NC=C(C(=O)O)NC2)cc(OC(CF)CF)c1. The van der Waals surface area contributed by atoms with E-state index in [-0.39, 0.29) is 41.0 Å².